The molecule has 2 aliphatic heterocycles. The Bertz CT molecular complexity index is 1100. The SMILES string of the molecule is COc1ccc(N2CC3CC(C2)N(C(=O)OCc2ccccc2)N3C(=O)OCc2ccccc2)cc1. The number of ether oxygens (including phenoxy) is 3. The predicted octanol–water partition coefficient (Wildman–Crippen LogP) is 4.85. The molecule has 2 unspecified atom stereocenters. The maximum atomic E-state index is 13.3. The molecule has 2 fully saturated rings. The van der Waals surface area contributed by atoms with Crippen LogP contribution >= 0.6 is 0 Å². The minimum absolute atomic E-state index is 0.128. The van der Waals surface area contributed by atoms with Crippen LogP contribution in [0, 0.1) is 0 Å². The first-order valence-corrected chi connectivity index (χ1v) is 12.0. The maximum Gasteiger partial charge on any atom is 0.429 e. The predicted molar refractivity (Wildman–Crippen MR) is 134 cm³/mol. The Morgan fingerprint density at radius 2 is 1.19 bits per heavy atom. The minimum atomic E-state index is -0.556. The summed E-state index contributed by atoms with van der Waals surface area (Å²) in [6.45, 7) is 1.41. The van der Waals surface area contributed by atoms with Gasteiger partial charge in [-0.05, 0) is 41.8 Å². The van der Waals surface area contributed by atoms with Crippen molar-refractivity contribution in [2.45, 2.75) is 31.7 Å². The summed E-state index contributed by atoms with van der Waals surface area (Å²) in [6, 6.07) is 26.3. The Morgan fingerprint density at radius 1 is 0.722 bits per heavy atom. The van der Waals surface area contributed by atoms with E-state index in [1.165, 1.54) is 10.0 Å². The number of piperidine rings is 1. The van der Waals surface area contributed by atoms with E-state index in [1.807, 2.05) is 84.9 Å². The number of hydrazine groups is 1. The zero-order valence-corrected chi connectivity index (χ0v) is 20.2. The van der Waals surface area contributed by atoms with Crippen molar-refractivity contribution < 1.29 is 23.8 Å². The number of hydrogen-bond acceptors (Lipinski definition) is 6. The van der Waals surface area contributed by atoms with E-state index < -0.39 is 12.2 Å². The van der Waals surface area contributed by atoms with Crippen molar-refractivity contribution in [3.8, 4) is 5.75 Å². The number of nitrogens with zero attached hydrogens (tertiary/aromatic N) is 3. The number of carbonyl (C=O) groups excluding carboxylic acids is 2. The number of methoxy groups -OCH3 is 1. The van der Waals surface area contributed by atoms with E-state index in [2.05, 4.69) is 4.90 Å². The van der Waals surface area contributed by atoms with Gasteiger partial charge in [0.1, 0.15) is 19.0 Å². The Morgan fingerprint density at radius 3 is 1.64 bits per heavy atom. The third-order valence-electron chi connectivity index (χ3n) is 6.55. The Hall–Kier alpha value is -4.20. The molecule has 0 N–H and O–H groups in total. The average Bonchev–Trinajstić information content (AvgIpc) is 3.20. The van der Waals surface area contributed by atoms with E-state index in [1.54, 1.807) is 7.11 Å². The molecule has 0 aromatic heterocycles. The molecular weight excluding hydrogens is 458 g/mol. The molecule has 2 aliphatic rings. The van der Waals surface area contributed by atoms with Crippen LogP contribution < -0.4 is 9.64 Å². The van der Waals surface area contributed by atoms with Crippen molar-refractivity contribution >= 4 is 17.9 Å². The highest BCUT2D eigenvalue weighted by molar-refractivity contribution is 5.76. The molecule has 2 amide bonds. The van der Waals surface area contributed by atoms with Gasteiger partial charge in [-0.1, -0.05) is 60.7 Å². The summed E-state index contributed by atoms with van der Waals surface area (Å²) in [6.07, 6.45) is -0.452. The molecule has 2 atom stereocenters. The molecule has 2 saturated heterocycles. The van der Waals surface area contributed by atoms with E-state index in [9.17, 15) is 9.59 Å². The van der Waals surface area contributed by atoms with E-state index in [-0.39, 0.29) is 25.3 Å². The average molecular weight is 488 g/mol. The lowest BCUT2D eigenvalue weighted by atomic mass is 10.0. The minimum Gasteiger partial charge on any atom is -0.497 e. The molecule has 0 saturated carbocycles. The third-order valence-corrected chi connectivity index (χ3v) is 6.55. The highest BCUT2D eigenvalue weighted by Crippen LogP contribution is 2.35. The number of fused-ring (bicyclic) bond motifs is 2. The van der Waals surface area contributed by atoms with Gasteiger partial charge < -0.3 is 19.1 Å². The highest BCUT2D eigenvalue weighted by atomic mass is 16.6. The summed E-state index contributed by atoms with van der Waals surface area (Å²) in [7, 11) is 1.63. The van der Waals surface area contributed by atoms with Crippen LogP contribution in [0.15, 0.2) is 84.9 Å². The van der Waals surface area contributed by atoms with Gasteiger partial charge in [0.15, 0.2) is 0 Å². The fraction of sp³-hybridized carbons (Fsp3) is 0.286. The third kappa shape index (κ3) is 5.07. The lowest BCUT2D eigenvalue weighted by Crippen LogP contribution is -2.50. The van der Waals surface area contributed by atoms with Gasteiger partial charge in [0.25, 0.3) is 0 Å². The van der Waals surface area contributed by atoms with Crippen molar-refractivity contribution in [3.05, 3.63) is 96.1 Å². The van der Waals surface area contributed by atoms with Gasteiger partial charge in [0.2, 0.25) is 0 Å². The van der Waals surface area contributed by atoms with Crippen molar-refractivity contribution in [3.63, 3.8) is 0 Å². The van der Waals surface area contributed by atoms with Crippen LogP contribution in [0.5, 0.6) is 5.75 Å². The van der Waals surface area contributed by atoms with Gasteiger partial charge in [-0.25, -0.2) is 19.6 Å². The molecule has 2 bridgehead atoms. The molecular formula is C28H29N3O5. The summed E-state index contributed by atoms with van der Waals surface area (Å²) in [4.78, 5) is 28.8. The smallest absolute Gasteiger partial charge is 0.429 e. The first-order valence-electron chi connectivity index (χ1n) is 12.0. The zero-order chi connectivity index (χ0) is 24.9. The van der Waals surface area contributed by atoms with Gasteiger partial charge in [-0.3, -0.25) is 0 Å². The monoisotopic (exact) mass is 487 g/mol. The normalized spacial score (nSPS) is 18.6. The highest BCUT2D eigenvalue weighted by Gasteiger charge is 2.50. The van der Waals surface area contributed by atoms with Gasteiger partial charge in [0.05, 0.1) is 19.2 Å². The second-order valence-corrected chi connectivity index (χ2v) is 8.92. The lowest BCUT2D eigenvalue weighted by molar-refractivity contribution is -0.0199. The summed E-state index contributed by atoms with van der Waals surface area (Å²) >= 11 is 0. The van der Waals surface area contributed by atoms with Crippen LogP contribution in [-0.2, 0) is 22.7 Å². The Balaban J connectivity index is 1.34. The Kier molecular flexibility index (Phi) is 6.93. The van der Waals surface area contributed by atoms with Crippen molar-refractivity contribution in [1.82, 2.24) is 10.0 Å². The van der Waals surface area contributed by atoms with Crippen LogP contribution in [0.25, 0.3) is 0 Å². The molecule has 2 heterocycles. The van der Waals surface area contributed by atoms with E-state index in [4.69, 9.17) is 14.2 Å². The van der Waals surface area contributed by atoms with E-state index in [0.29, 0.717) is 19.5 Å². The summed E-state index contributed by atoms with van der Waals surface area (Å²) in [5.74, 6) is 0.774. The summed E-state index contributed by atoms with van der Waals surface area (Å²) in [5.41, 5.74) is 2.76. The maximum absolute atomic E-state index is 13.3. The Labute approximate surface area is 210 Å². The number of carbonyl (C=O) groups is 2. The molecule has 8 nitrogen and oxygen atoms in total. The first kappa shape index (κ1) is 23.5. The first-order chi connectivity index (χ1) is 17.6. The summed E-state index contributed by atoms with van der Waals surface area (Å²) in [5, 5.41) is 2.90. The molecule has 36 heavy (non-hydrogen) atoms. The molecule has 186 valence electrons. The molecule has 3 aromatic rings. The van der Waals surface area contributed by atoms with E-state index in [0.717, 1.165) is 22.6 Å². The summed E-state index contributed by atoms with van der Waals surface area (Å²) < 4.78 is 16.6. The second-order valence-electron chi connectivity index (χ2n) is 8.92. The van der Waals surface area contributed by atoms with Crippen LogP contribution in [0.1, 0.15) is 17.5 Å². The van der Waals surface area contributed by atoms with Gasteiger partial charge in [-0.15, -0.1) is 0 Å². The van der Waals surface area contributed by atoms with Crippen LogP contribution in [0.4, 0.5) is 15.3 Å². The lowest BCUT2D eigenvalue weighted by Gasteiger charge is -2.32. The standard InChI is InChI=1S/C28H29N3O5/c1-34-26-14-12-23(13-15-26)29-17-24-16-25(18-29)31(28(33)36-20-22-10-6-3-7-11-22)30(24)27(32)35-19-21-8-4-2-5-9-21/h2-15,24-25H,16-20H2,1H3. The van der Waals surface area contributed by atoms with Gasteiger partial charge in [0, 0.05) is 18.8 Å². The van der Waals surface area contributed by atoms with Crippen LogP contribution in [-0.4, -0.2) is 54.5 Å². The fourth-order valence-corrected chi connectivity index (χ4v) is 4.80. The van der Waals surface area contributed by atoms with Gasteiger partial charge in [-0.2, -0.15) is 0 Å². The van der Waals surface area contributed by atoms with E-state index >= 15 is 0 Å². The van der Waals surface area contributed by atoms with Crippen LogP contribution in [0.2, 0.25) is 0 Å². The topological polar surface area (TPSA) is 71.6 Å². The number of hydrogen-bond donors (Lipinski definition) is 0. The van der Waals surface area contributed by atoms with Crippen molar-refractivity contribution in [2.24, 2.45) is 0 Å². The number of benzene rings is 3. The van der Waals surface area contributed by atoms with Gasteiger partial charge >= 0.3 is 12.2 Å². The number of amides is 2. The fourth-order valence-electron chi connectivity index (χ4n) is 4.80. The second kappa shape index (κ2) is 10.6. The zero-order valence-electron chi connectivity index (χ0n) is 20.2. The van der Waals surface area contributed by atoms with Crippen molar-refractivity contribution in [2.75, 3.05) is 25.1 Å². The largest absolute Gasteiger partial charge is 0.497 e. The van der Waals surface area contributed by atoms with Crippen LogP contribution in [0.3, 0.4) is 0 Å². The quantitative estimate of drug-likeness (QED) is 0.495. The molecule has 0 spiro atoms. The number of anilines is 1. The molecule has 5 rings (SSSR count). The molecule has 0 aliphatic carbocycles. The molecule has 0 radical (unpaired) electrons. The number of rotatable bonds is 6. The molecule has 8 heteroatoms. The van der Waals surface area contributed by atoms with Crippen molar-refractivity contribution in [1.29, 1.82) is 0 Å². The molecule has 3 aromatic carbocycles.